The fourth-order valence-corrected chi connectivity index (χ4v) is 1.48. The topological polar surface area (TPSA) is 72.6 Å². The Labute approximate surface area is 96.2 Å². The molecular formula is C11H20N2O3. The Morgan fingerprint density at radius 2 is 2.12 bits per heavy atom. The van der Waals surface area contributed by atoms with E-state index in [0.29, 0.717) is 19.6 Å². The summed E-state index contributed by atoms with van der Waals surface area (Å²) < 4.78 is 4.83. The van der Waals surface area contributed by atoms with Crippen molar-refractivity contribution in [3.05, 3.63) is 12.7 Å². The molecule has 0 saturated heterocycles. The summed E-state index contributed by atoms with van der Waals surface area (Å²) in [6.07, 6.45) is 2.19. The van der Waals surface area contributed by atoms with Crippen LogP contribution in [0.25, 0.3) is 0 Å². The van der Waals surface area contributed by atoms with E-state index in [0.717, 1.165) is 0 Å². The maximum absolute atomic E-state index is 11.3. The third-order valence-corrected chi connectivity index (χ3v) is 2.16. The Hall–Kier alpha value is -1.36. The van der Waals surface area contributed by atoms with Gasteiger partial charge in [-0.25, -0.2) is 0 Å². The molecular weight excluding hydrogens is 208 g/mol. The van der Waals surface area contributed by atoms with Crippen molar-refractivity contribution in [1.29, 1.82) is 0 Å². The first-order chi connectivity index (χ1) is 7.56. The molecule has 0 rings (SSSR count). The normalized spacial score (nSPS) is 12.2. The third kappa shape index (κ3) is 4.93. The van der Waals surface area contributed by atoms with E-state index in [1.54, 1.807) is 17.9 Å². The monoisotopic (exact) mass is 228 g/mol. The van der Waals surface area contributed by atoms with E-state index in [4.69, 9.17) is 10.5 Å². The SMILES string of the molecule is C=CCN(CC(=O)OCC)C(CC)C(N)=O. The van der Waals surface area contributed by atoms with Crippen molar-refractivity contribution in [3.8, 4) is 0 Å². The molecule has 1 amide bonds. The summed E-state index contributed by atoms with van der Waals surface area (Å²) in [7, 11) is 0. The number of carbonyl (C=O) groups is 2. The van der Waals surface area contributed by atoms with Gasteiger partial charge in [-0.15, -0.1) is 6.58 Å². The second kappa shape index (κ2) is 7.87. The minimum atomic E-state index is -0.456. The maximum Gasteiger partial charge on any atom is 0.320 e. The molecule has 16 heavy (non-hydrogen) atoms. The average Bonchev–Trinajstić information content (AvgIpc) is 2.18. The lowest BCUT2D eigenvalue weighted by Gasteiger charge is -2.26. The number of esters is 1. The molecule has 0 aliphatic carbocycles. The van der Waals surface area contributed by atoms with Crippen LogP contribution in [0.5, 0.6) is 0 Å². The number of carbonyl (C=O) groups excluding carboxylic acids is 2. The van der Waals surface area contributed by atoms with Gasteiger partial charge in [-0.1, -0.05) is 13.0 Å². The molecule has 1 atom stereocenters. The van der Waals surface area contributed by atoms with E-state index >= 15 is 0 Å². The molecule has 5 heteroatoms. The second-order valence-corrected chi connectivity index (χ2v) is 3.35. The molecule has 0 aromatic rings. The van der Waals surface area contributed by atoms with Crippen molar-refractivity contribution in [1.82, 2.24) is 4.90 Å². The number of nitrogens with zero attached hydrogens (tertiary/aromatic N) is 1. The number of primary amides is 1. The predicted octanol–water partition coefficient (Wildman–Crippen LogP) is 0.301. The summed E-state index contributed by atoms with van der Waals surface area (Å²) in [5.74, 6) is -0.794. The Balaban J connectivity index is 4.51. The van der Waals surface area contributed by atoms with Gasteiger partial charge in [0.05, 0.1) is 19.2 Å². The standard InChI is InChI=1S/C11H20N2O3/c1-4-7-13(8-10(14)16-6-3)9(5-2)11(12)15/h4,9H,1,5-8H2,2-3H3,(H2,12,15). The van der Waals surface area contributed by atoms with Crippen molar-refractivity contribution in [2.24, 2.45) is 5.73 Å². The van der Waals surface area contributed by atoms with Crippen molar-refractivity contribution in [2.75, 3.05) is 19.7 Å². The fraction of sp³-hybridized carbons (Fsp3) is 0.636. The van der Waals surface area contributed by atoms with Crippen molar-refractivity contribution >= 4 is 11.9 Å². The summed E-state index contributed by atoms with van der Waals surface area (Å²) >= 11 is 0. The van der Waals surface area contributed by atoms with Crippen LogP contribution in [0, 0.1) is 0 Å². The Morgan fingerprint density at radius 1 is 1.50 bits per heavy atom. The van der Waals surface area contributed by atoms with E-state index in [-0.39, 0.29) is 12.5 Å². The van der Waals surface area contributed by atoms with Crippen LogP contribution in [0.1, 0.15) is 20.3 Å². The van der Waals surface area contributed by atoms with Gasteiger partial charge in [-0.3, -0.25) is 14.5 Å². The molecule has 0 bridgehead atoms. The number of rotatable bonds is 8. The first-order valence-corrected chi connectivity index (χ1v) is 5.36. The molecule has 0 aliphatic rings. The Bertz CT molecular complexity index is 254. The zero-order chi connectivity index (χ0) is 12.6. The van der Waals surface area contributed by atoms with Gasteiger partial charge in [0.1, 0.15) is 0 Å². The molecule has 0 saturated carbocycles. The lowest BCUT2D eigenvalue weighted by Crippen LogP contribution is -2.47. The van der Waals surface area contributed by atoms with Crippen molar-refractivity contribution in [2.45, 2.75) is 26.3 Å². The first-order valence-electron chi connectivity index (χ1n) is 5.36. The predicted molar refractivity (Wildman–Crippen MR) is 61.7 cm³/mol. The second-order valence-electron chi connectivity index (χ2n) is 3.35. The molecule has 0 fully saturated rings. The van der Waals surface area contributed by atoms with E-state index < -0.39 is 11.9 Å². The van der Waals surface area contributed by atoms with E-state index in [1.807, 2.05) is 6.92 Å². The van der Waals surface area contributed by atoms with Crippen molar-refractivity contribution < 1.29 is 14.3 Å². The Morgan fingerprint density at radius 3 is 2.50 bits per heavy atom. The lowest BCUT2D eigenvalue weighted by molar-refractivity contribution is -0.145. The van der Waals surface area contributed by atoms with Gasteiger partial charge < -0.3 is 10.5 Å². The zero-order valence-corrected chi connectivity index (χ0v) is 9.94. The van der Waals surface area contributed by atoms with Crippen LogP contribution < -0.4 is 5.73 Å². The van der Waals surface area contributed by atoms with Crippen LogP contribution in [-0.2, 0) is 14.3 Å². The highest BCUT2D eigenvalue weighted by molar-refractivity contribution is 5.81. The summed E-state index contributed by atoms with van der Waals surface area (Å²) in [6, 6.07) is -0.456. The van der Waals surface area contributed by atoms with Crippen LogP contribution in [0.15, 0.2) is 12.7 Å². The summed E-state index contributed by atoms with van der Waals surface area (Å²) in [4.78, 5) is 24.2. The molecule has 0 aromatic carbocycles. The summed E-state index contributed by atoms with van der Waals surface area (Å²) in [6.45, 7) is 7.98. The van der Waals surface area contributed by atoms with Gasteiger partial charge in [0.15, 0.2) is 0 Å². The van der Waals surface area contributed by atoms with Crippen LogP contribution in [0.2, 0.25) is 0 Å². The van der Waals surface area contributed by atoms with Gasteiger partial charge in [0, 0.05) is 6.54 Å². The molecule has 1 unspecified atom stereocenters. The molecule has 2 N–H and O–H groups in total. The average molecular weight is 228 g/mol. The highest BCUT2D eigenvalue weighted by Gasteiger charge is 2.23. The number of hydrogen-bond donors (Lipinski definition) is 1. The fourth-order valence-electron chi connectivity index (χ4n) is 1.48. The maximum atomic E-state index is 11.3. The van der Waals surface area contributed by atoms with E-state index in [9.17, 15) is 9.59 Å². The summed E-state index contributed by atoms with van der Waals surface area (Å²) in [5.41, 5.74) is 5.26. The smallest absolute Gasteiger partial charge is 0.320 e. The quantitative estimate of drug-likeness (QED) is 0.479. The molecule has 0 spiro atoms. The van der Waals surface area contributed by atoms with Crippen LogP contribution in [0.3, 0.4) is 0 Å². The largest absolute Gasteiger partial charge is 0.465 e. The van der Waals surface area contributed by atoms with Gasteiger partial charge in [-0.2, -0.15) is 0 Å². The zero-order valence-electron chi connectivity index (χ0n) is 9.94. The van der Waals surface area contributed by atoms with Gasteiger partial charge in [0.2, 0.25) is 5.91 Å². The number of amides is 1. The van der Waals surface area contributed by atoms with Gasteiger partial charge in [-0.05, 0) is 13.3 Å². The molecule has 0 aliphatic heterocycles. The van der Waals surface area contributed by atoms with Crippen LogP contribution >= 0.6 is 0 Å². The molecule has 0 heterocycles. The van der Waals surface area contributed by atoms with Gasteiger partial charge >= 0.3 is 5.97 Å². The number of nitrogens with two attached hydrogens (primary N) is 1. The first kappa shape index (κ1) is 14.6. The minimum absolute atomic E-state index is 0.0569. The van der Waals surface area contributed by atoms with Crippen LogP contribution in [0.4, 0.5) is 0 Å². The number of hydrogen-bond acceptors (Lipinski definition) is 4. The van der Waals surface area contributed by atoms with Gasteiger partial charge in [0.25, 0.3) is 0 Å². The minimum Gasteiger partial charge on any atom is -0.465 e. The molecule has 0 radical (unpaired) electrons. The van der Waals surface area contributed by atoms with E-state index in [2.05, 4.69) is 6.58 Å². The van der Waals surface area contributed by atoms with E-state index in [1.165, 1.54) is 0 Å². The van der Waals surface area contributed by atoms with Crippen LogP contribution in [-0.4, -0.2) is 42.5 Å². The van der Waals surface area contributed by atoms with Crippen molar-refractivity contribution in [3.63, 3.8) is 0 Å². The Kier molecular flexibility index (Phi) is 7.20. The lowest BCUT2D eigenvalue weighted by atomic mass is 10.2. The summed E-state index contributed by atoms with van der Waals surface area (Å²) in [5, 5.41) is 0. The molecule has 0 aromatic heterocycles. The molecule has 92 valence electrons. The number of ether oxygens (including phenoxy) is 1. The highest BCUT2D eigenvalue weighted by atomic mass is 16.5. The molecule has 5 nitrogen and oxygen atoms in total. The highest BCUT2D eigenvalue weighted by Crippen LogP contribution is 2.04. The third-order valence-electron chi connectivity index (χ3n) is 2.16.